The van der Waals surface area contributed by atoms with E-state index in [1.54, 1.807) is 26.0 Å². The van der Waals surface area contributed by atoms with Gasteiger partial charge in [0.1, 0.15) is 10.7 Å². The van der Waals surface area contributed by atoms with Gasteiger partial charge in [-0.05, 0) is 64.1 Å². The van der Waals surface area contributed by atoms with E-state index in [4.69, 9.17) is 23.7 Å². The Bertz CT molecular complexity index is 1530. The fourth-order valence-corrected chi connectivity index (χ4v) is 7.66. The van der Waals surface area contributed by atoms with Gasteiger partial charge in [0.15, 0.2) is 11.5 Å². The summed E-state index contributed by atoms with van der Waals surface area (Å²) in [6.45, 7) is 2.21. The molecule has 6 rings (SSSR count). The zero-order chi connectivity index (χ0) is 30.4. The van der Waals surface area contributed by atoms with Crippen LogP contribution < -0.4 is 14.2 Å². The summed E-state index contributed by atoms with van der Waals surface area (Å²) in [6, 6.07) is 30.7. The molecule has 1 fully saturated rings. The van der Waals surface area contributed by atoms with Gasteiger partial charge in [0.2, 0.25) is 0 Å². The molecule has 1 N–H and O–H groups in total. The highest BCUT2D eigenvalue weighted by Gasteiger charge is 2.43. The van der Waals surface area contributed by atoms with E-state index in [0.717, 1.165) is 52.0 Å². The molecule has 1 unspecified atom stereocenters. The molecule has 230 valence electrons. The molecule has 2 aliphatic rings. The van der Waals surface area contributed by atoms with Crippen molar-refractivity contribution in [2.24, 2.45) is 0 Å². The third kappa shape index (κ3) is 7.24. The van der Waals surface area contributed by atoms with Crippen molar-refractivity contribution in [2.75, 3.05) is 27.4 Å². The molecule has 6 nitrogen and oxygen atoms in total. The van der Waals surface area contributed by atoms with Crippen molar-refractivity contribution in [3.63, 3.8) is 0 Å². The molecule has 0 spiro atoms. The van der Waals surface area contributed by atoms with Crippen LogP contribution in [0.3, 0.4) is 0 Å². The predicted molar refractivity (Wildman–Crippen MR) is 174 cm³/mol. The van der Waals surface area contributed by atoms with E-state index < -0.39 is 4.93 Å². The van der Waals surface area contributed by atoms with Gasteiger partial charge in [-0.25, -0.2) is 0 Å². The van der Waals surface area contributed by atoms with Crippen LogP contribution in [0.25, 0.3) is 0 Å². The smallest absolute Gasteiger partial charge is 0.160 e. The molecule has 2 heterocycles. The van der Waals surface area contributed by atoms with E-state index in [1.807, 2.05) is 54.6 Å². The van der Waals surface area contributed by atoms with Gasteiger partial charge in [-0.2, -0.15) is 0 Å². The first-order valence-corrected chi connectivity index (χ1v) is 16.1. The van der Waals surface area contributed by atoms with Crippen molar-refractivity contribution in [1.29, 1.82) is 0 Å². The number of methoxy groups -OCH3 is 2. The van der Waals surface area contributed by atoms with Crippen molar-refractivity contribution < 1.29 is 28.8 Å². The van der Waals surface area contributed by atoms with Crippen molar-refractivity contribution in [1.82, 2.24) is 0 Å². The summed E-state index contributed by atoms with van der Waals surface area (Å²) in [6.07, 6.45) is 2.65. The van der Waals surface area contributed by atoms with Crippen LogP contribution in [0, 0.1) is 0 Å². The van der Waals surface area contributed by atoms with Gasteiger partial charge in [0, 0.05) is 24.5 Å². The predicted octanol–water partition coefficient (Wildman–Crippen LogP) is 7.07. The molecule has 0 radical (unpaired) electrons. The van der Waals surface area contributed by atoms with Crippen LogP contribution in [0.15, 0.2) is 91.0 Å². The number of hydrogen-bond acceptors (Lipinski definition) is 7. The summed E-state index contributed by atoms with van der Waals surface area (Å²) < 4.78 is 29.8. The van der Waals surface area contributed by atoms with Crippen LogP contribution in [0.5, 0.6) is 17.2 Å². The average molecular weight is 613 g/mol. The Morgan fingerprint density at radius 3 is 2.30 bits per heavy atom. The normalized spacial score (nSPS) is 21.0. The van der Waals surface area contributed by atoms with Crippen molar-refractivity contribution in [3.05, 3.63) is 124 Å². The van der Waals surface area contributed by atoms with E-state index in [2.05, 4.69) is 36.4 Å². The minimum Gasteiger partial charge on any atom is -0.493 e. The Balaban J connectivity index is 1.26. The lowest BCUT2D eigenvalue weighted by Crippen LogP contribution is -2.39. The van der Waals surface area contributed by atoms with Gasteiger partial charge < -0.3 is 28.8 Å². The van der Waals surface area contributed by atoms with Gasteiger partial charge in [0.05, 0.1) is 46.8 Å². The van der Waals surface area contributed by atoms with Gasteiger partial charge in [-0.15, -0.1) is 11.8 Å². The molecule has 0 amide bonds. The maximum Gasteiger partial charge on any atom is 0.160 e. The second-order valence-electron chi connectivity index (χ2n) is 11.5. The third-order valence-electron chi connectivity index (χ3n) is 8.29. The van der Waals surface area contributed by atoms with Gasteiger partial charge in [0.25, 0.3) is 0 Å². The van der Waals surface area contributed by atoms with Crippen LogP contribution in [0.4, 0.5) is 0 Å². The Hall–Kier alpha value is -3.49. The van der Waals surface area contributed by atoms with Gasteiger partial charge in [-0.3, -0.25) is 0 Å². The Kier molecular flexibility index (Phi) is 9.77. The molecule has 1 saturated heterocycles. The minimum atomic E-state index is -1.13. The highest BCUT2D eigenvalue weighted by molar-refractivity contribution is 8.00. The summed E-state index contributed by atoms with van der Waals surface area (Å²) in [5.41, 5.74) is 6.42. The molecule has 0 bridgehead atoms. The number of ether oxygens (including phenoxy) is 5. The third-order valence-corrected chi connectivity index (χ3v) is 9.74. The number of benzene rings is 4. The van der Waals surface area contributed by atoms with E-state index >= 15 is 0 Å². The van der Waals surface area contributed by atoms with Crippen LogP contribution in [0.2, 0.25) is 0 Å². The topological polar surface area (TPSA) is 66.4 Å². The Morgan fingerprint density at radius 1 is 0.841 bits per heavy atom. The largest absolute Gasteiger partial charge is 0.493 e. The Labute approximate surface area is 264 Å². The van der Waals surface area contributed by atoms with Gasteiger partial charge in [-0.1, -0.05) is 66.7 Å². The molecule has 0 aromatic heterocycles. The molecule has 4 aromatic carbocycles. The average Bonchev–Trinajstić information content (AvgIpc) is 3.54. The molecular weight excluding hydrogens is 572 g/mol. The van der Waals surface area contributed by atoms with Crippen molar-refractivity contribution >= 4 is 11.8 Å². The van der Waals surface area contributed by atoms with Crippen LogP contribution in [0.1, 0.15) is 46.2 Å². The summed E-state index contributed by atoms with van der Waals surface area (Å²) in [5, 5.41) is 12.5. The van der Waals surface area contributed by atoms with Crippen LogP contribution in [-0.4, -0.2) is 43.9 Å². The molecule has 2 aliphatic heterocycles. The zero-order valence-electron chi connectivity index (χ0n) is 25.4. The molecule has 3 atom stereocenters. The highest BCUT2D eigenvalue weighted by Crippen LogP contribution is 2.49. The fourth-order valence-electron chi connectivity index (χ4n) is 6.10. The van der Waals surface area contributed by atoms with Crippen molar-refractivity contribution in [3.8, 4) is 17.2 Å². The lowest BCUT2D eigenvalue weighted by atomic mass is 9.92. The lowest BCUT2D eigenvalue weighted by Gasteiger charge is -2.41. The number of thioether (sulfide) groups is 1. The Morgan fingerprint density at radius 2 is 1.57 bits per heavy atom. The summed E-state index contributed by atoms with van der Waals surface area (Å²) >= 11 is 1.59. The zero-order valence-corrected chi connectivity index (χ0v) is 26.2. The quantitative estimate of drug-likeness (QED) is 0.184. The van der Waals surface area contributed by atoms with Crippen LogP contribution >= 0.6 is 11.8 Å². The second kappa shape index (κ2) is 14.1. The number of hydrogen-bond donors (Lipinski definition) is 1. The first kappa shape index (κ1) is 30.5. The van der Waals surface area contributed by atoms with E-state index in [-0.39, 0.29) is 11.4 Å². The minimum absolute atomic E-state index is 0.0667. The summed E-state index contributed by atoms with van der Waals surface area (Å²) in [7, 11) is 3.29. The van der Waals surface area contributed by atoms with E-state index in [1.165, 1.54) is 0 Å². The highest BCUT2D eigenvalue weighted by atomic mass is 32.2. The maximum absolute atomic E-state index is 12.4. The number of aliphatic hydroxyl groups is 1. The maximum atomic E-state index is 12.4. The molecule has 44 heavy (non-hydrogen) atoms. The monoisotopic (exact) mass is 612 g/mol. The summed E-state index contributed by atoms with van der Waals surface area (Å²) in [5.74, 6) is 2.31. The van der Waals surface area contributed by atoms with Gasteiger partial charge >= 0.3 is 0 Å². The SMILES string of the molecule is COc1ccc(Cc2cc(C3(O)C[C@@H](OCc4ccccc4)C[C@@H](COCc4ccccc4)S3)cc3c2OCC3)cc1OC. The first-order valence-electron chi connectivity index (χ1n) is 15.2. The fraction of sp³-hybridized carbons (Fsp3) is 0.351. The first-order chi connectivity index (χ1) is 21.5. The molecule has 7 heteroatoms. The number of rotatable bonds is 12. The molecule has 4 aromatic rings. The lowest BCUT2D eigenvalue weighted by molar-refractivity contribution is -0.0249. The second-order valence-corrected chi connectivity index (χ2v) is 13.0. The van der Waals surface area contributed by atoms with Crippen LogP contribution in [-0.2, 0) is 40.5 Å². The van der Waals surface area contributed by atoms with E-state index in [9.17, 15) is 5.11 Å². The molecule has 0 aliphatic carbocycles. The van der Waals surface area contributed by atoms with Crippen molar-refractivity contribution in [2.45, 2.75) is 55.2 Å². The molecule has 0 saturated carbocycles. The molecular formula is C37H40O6S. The van der Waals surface area contributed by atoms with E-state index in [0.29, 0.717) is 50.8 Å². The summed E-state index contributed by atoms with van der Waals surface area (Å²) in [4.78, 5) is -1.13. The standard InChI is InChI=1S/C37H40O6S/c1-39-34-14-13-28(18-35(34)40-2)17-30-20-31(19-29-15-16-42-36(29)30)37(38)22-32(43-24-27-11-7-4-8-12-27)21-33(44-37)25-41-23-26-9-5-3-6-10-26/h3-14,18-20,32-33,38H,15-17,21-25H2,1-2H3/t32-,33-,37?/m0/s1. The number of fused-ring (bicyclic) bond motifs is 1.